The predicted octanol–water partition coefficient (Wildman–Crippen LogP) is 27.6. The van der Waals surface area contributed by atoms with Gasteiger partial charge in [-0.1, -0.05) is 354 Å². The molecule has 124 heavy (non-hydrogen) atoms. The van der Waals surface area contributed by atoms with Crippen LogP contribution in [0.2, 0.25) is 0 Å². The maximum atomic E-state index is 10.5. The largest absolute Gasteiger partial charge is 0.673 e. The molecule has 0 radical (unpaired) electrons. The summed E-state index contributed by atoms with van der Waals surface area (Å²) in [5.74, 6) is 0. The van der Waals surface area contributed by atoms with E-state index in [1.807, 2.05) is 128 Å². The normalized spacial score (nSPS) is 15.5. The summed E-state index contributed by atoms with van der Waals surface area (Å²) >= 11 is 0. The van der Waals surface area contributed by atoms with Gasteiger partial charge in [0.2, 0.25) is 0 Å². The molecule has 8 N–H and O–H groups in total. The molecule has 0 saturated heterocycles. The maximum Gasteiger partial charge on any atom is 0.673 e. The average Bonchev–Trinajstić information content (AvgIpc) is 0.831. The summed E-state index contributed by atoms with van der Waals surface area (Å²) in [5.41, 5.74) is 4.67. The van der Waals surface area contributed by atoms with Crippen molar-refractivity contribution in [3.63, 3.8) is 0 Å². The first-order chi connectivity index (χ1) is 58.1. The van der Waals surface area contributed by atoms with Crippen LogP contribution in [0.25, 0.3) is 0 Å². The Labute approximate surface area is 739 Å². The minimum atomic E-state index is -6.00. The zero-order valence-corrected chi connectivity index (χ0v) is 77.8. The summed E-state index contributed by atoms with van der Waals surface area (Å²) in [6.45, 7) is 29.5. The van der Waals surface area contributed by atoms with Gasteiger partial charge in [-0.3, -0.25) is 17.9 Å². The molecule has 12 nitrogen and oxygen atoms in total. The second-order valence-electron chi connectivity index (χ2n) is 33.6. The van der Waals surface area contributed by atoms with Crippen molar-refractivity contribution in [2.45, 2.75) is 416 Å². The number of unbranched alkanes of at least 4 members (excludes halogenated alkanes) is 36. The molecule has 0 aliphatic carbocycles. The Balaban J connectivity index is -0.000000717. The Morgan fingerprint density at radius 1 is 0.185 bits per heavy atom. The van der Waals surface area contributed by atoms with Crippen LogP contribution in [0.5, 0.6) is 0 Å². The molecule has 4 rings (SSSR count). The van der Waals surface area contributed by atoms with Crippen molar-refractivity contribution >= 4 is 29.0 Å². The summed E-state index contributed by atoms with van der Waals surface area (Å²) in [7, 11) is -24.0. The third-order valence-corrected chi connectivity index (χ3v) is 22.9. The number of hydrogen-bond donors (Lipinski definition) is 8. The highest BCUT2D eigenvalue weighted by Crippen LogP contribution is 2.30. The lowest BCUT2D eigenvalue weighted by Gasteiger charge is -2.43. The number of halogens is 16. The van der Waals surface area contributed by atoms with E-state index in [9.17, 15) is 110 Å². The van der Waals surface area contributed by atoms with Gasteiger partial charge in [-0.15, -0.1) is 0 Å². The molecule has 8 unspecified atom stereocenters. The average molecular weight is 1810 g/mol. The highest BCUT2D eigenvalue weighted by atomic mass is 19.5. The molecule has 728 valence electrons. The van der Waals surface area contributed by atoms with Gasteiger partial charge in [-0.25, -0.2) is 0 Å². The van der Waals surface area contributed by atoms with Gasteiger partial charge in [0.25, 0.3) is 0 Å². The van der Waals surface area contributed by atoms with Gasteiger partial charge < -0.3 is 110 Å². The molecule has 8 atom stereocenters. The quantitative estimate of drug-likeness (QED) is 0.00713. The highest BCUT2D eigenvalue weighted by Gasteiger charge is 2.41. The number of quaternary nitrogens is 4. The van der Waals surface area contributed by atoms with E-state index in [2.05, 4.69) is 76.2 Å². The Hall–Kier alpha value is -4.46. The minimum Gasteiger partial charge on any atom is -0.418 e. The van der Waals surface area contributed by atoms with Gasteiger partial charge in [0.1, 0.15) is 26.2 Å². The Bertz CT molecular complexity index is 2500. The van der Waals surface area contributed by atoms with Crippen molar-refractivity contribution in [3.05, 3.63) is 144 Å². The SMILES string of the molecule is CCCCCCCCCCCC[N+](Cc1ccccc1)(C(C)O)C(C)O.CCCCCCCCCCCC[N+](Cc1ccccc1)(C(C)O)C(C)O.CCCCCCCCCCCC[N+](Cc1ccccc1)(C(C)O)C(C)O.CCCCCCCCCCCC[N+](Cc1ccccc1)(C(C)O)C(C)O.F[B-](F)(F)F.F[B-](F)(F)F.F[B-](F)(F)F.F[B-](F)(F)F. The molecular formula is C92H168B4F16N4O8. The third-order valence-electron chi connectivity index (χ3n) is 22.9. The zero-order valence-electron chi connectivity index (χ0n) is 77.8. The zero-order chi connectivity index (χ0) is 95.0. The number of benzene rings is 4. The van der Waals surface area contributed by atoms with E-state index < -0.39 is 78.8 Å². The summed E-state index contributed by atoms with van der Waals surface area (Å²) in [6, 6.07) is 40.8. The third kappa shape index (κ3) is 73.3. The lowest BCUT2D eigenvalue weighted by molar-refractivity contribution is -1.02. The smallest absolute Gasteiger partial charge is 0.418 e. The van der Waals surface area contributed by atoms with Gasteiger partial charge in [0.15, 0.2) is 49.8 Å². The molecule has 0 aliphatic rings. The summed E-state index contributed by atoms with van der Waals surface area (Å²) < 4.78 is 157. The van der Waals surface area contributed by atoms with E-state index in [-0.39, 0.29) is 0 Å². The number of aliphatic hydroxyl groups is 8. The first-order valence-corrected chi connectivity index (χ1v) is 46.7. The van der Waals surface area contributed by atoms with Gasteiger partial charge in [-0.05, 0) is 51.4 Å². The van der Waals surface area contributed by atoms with Crippen molar-refractivity contribution in [2.24, 2.45) is 0 Å². The lowest BCUT2D eigenvalue weighted by atomic mass is 10.1. The molecule has 4 aromatic carbocycles. The van der Waals surface area contributed by atoms with Crippen LogP contribution in [-0.2, 0) is 26.2 Å². The van der Waals surface area contributed by atoms with Gasteiger partial charge in [0.05, 0.1) is 26.2 Å². The van der Waals surface area contributed by atoms with Crippen molar-refractivity contribution in [3.8, 4) is 0 Å². The highest BCUT2D eigenvalue weighted by molar-refractivity contribution is 6.51. The summed E-state index contributed by atoms with van der Waals surface area (Å²) in [6.07, 6.45) is 47.4. The van der Waals surface area contributed by atoms with Crippen LogP contribution < -0.4 is 0 Å². The Kier molecular flexibility index (Phi) is 76.3. The van der Waals surface area contributed by atoms with E-state index in [1.54, 1.807) is 0 Å². The number of nitrogens with zero attached hydrogens (tertiary/aromatic N) is 4. The van der Waals surface area contributed by atoms with Crippen LogP contribution in [-0.4, -0.2) is 164 Å². The van der Waals surface area contributed by atoms with Gasteiger partial charge in [0, 0.05) is 77.6 Å². The van der Waals surface area contributed by atoms with E-state index in [0.29, 0.717) is 44.1 Å². The van der Waals surface area contributed by atoms with E-state index in [0.717, 1.165) is 51.9 Å². The first kappa shape index (κ1) is 126. The van der Waals surface area contributed by atoms with Crippen LogP contribution in [0.3, 0.4) is 0 Å². The summed E-state index contributed by atoms with van der Waals surface area (Å²) in [5, 5.41) is 83.6. The van der Waals surface area contributed by atoms with Gasteiger partial charge >= 0.3 is 29.0 Å². The Morgan fingerprint density at radius 2 is 0.282 bits per heavy atom. The molecule has 0 aliphatic heterocycles. The van der Waals surface area contributed by atoms with Gasteiger partial charge in [-0.2, -0.15) is 0 Å². The van der Waals surface area contributed by atoms with Crippen LogP contribution in [0.4, 0.5) is 69.1 Å². The minimum absolute atomic E-state index is 0.334. The van der Waals surface area contributed by atoms with E-state index in [4.69, 9.17) is 0 Å². The fraction of sp³-hybridized carbons (Fsp3) is 0.739. The molecular weight excluding hydrogens is 1640 g/mol. The topological polar surface area (TPSA) is 162 Å². The molecule has 0 fully saturated rings. The number of aliphatic hydroxyl groups excluding tert-OH is 8. The molecule has 32 heteroatoms. The van der Waals surface area contributed by atoms with Crippen LogP contribution >= 0.6 is 0 Å². The second-order valence-corrected chi connectivity index (χ2v) is 33.6. The molecule has 0 aromatic heterocycles. The molecule has 0 saturated carbocycles. The van der Waals surface area contributed by atoms with Crippen LogP contribution in [0.15, 0.2) is 121 Å². The molecule has 4 aromatic rings. The standard InChI is InChI=1S/4C23H42NO2.4BF4/c4*1-4-5-6-7-8-9-10-11-12-16-19-24(21(2)25,22(3)26)20-23-17-14-13-15-18-23;4*2-1(3,4)5/h4*13-15,17-18,21-22,25-26H,4-12,16,19-20H2,1-3H3;;;;/q4*+1;4*-1. The van der Waals surface area contributed by atoms with Crippen molar-refractivity contribution in [2.75, 3.05) is 26.2 Å². The maximum absolute atomic E-state index is 10.5. The van der Waals surface area contributed by atoms with Crippen molar-refractivity contribution < 1.29 is 128 Å². The van der Waals surface area contributed by atoms with E-state index in [1.165, 1.54) is 253 Å². The van der Waals surface area contributed by atoms with Crippen molar-refractivity contribution in [1.29, 1.82) is 0 Å². The second kappa shape index (κ2) is 75.2. The van der Waals surface area contributed by atoms with Crippen LogP contribution in [0.1, 0.15) is 362 Å². The summed E-state index contributed by atoms with van der Waals surface area (Å²) in [4.78, 5) is 0. The van der Waals surface area contributed by atoms with Crippen molar-refractivity contribution in [1.82, 2.24) is 0 Å². The predicted molar refractivity (Wildman–Crippen MR) is 483 cm³/mol. The molecule has 0 amide bonds. The van der Waals surface area contributed by atoms with E-state index >= 15 is 0 Å². The molecule has 0 spiro atoms. The monoisotopic (exact) mass is 1810 g/mol. The Morgan fingerprint density at radius 3 is 0.379 bits per heavy atom. The van der Waals surface area contributed by atoms with Crippen LogP contribution in [0, 0.1) is 0 Å². The molecule has 0 heterocycles. The number of rotatable bonds is 60. The fourth-order valence-corrected chi connectivity index (χ4v) is 15.4. The first-order valence-electron chi connectivity index (χ1n) is 46.7. The molecule has 0 bridgehead atoms. The fourth-order valence-electron chi connectivity index (χ4n) is 15.4. The number of hydrogen-bond acceptors (Lipinski definition) is 8. The lowest BCUT2D eigenvalue weighted by Crippen LogP contribution is -2.59.